The molecule has 2 aliphatic rings. The summed E-state index contributed by atoms with van der Waals surface area (Å²) in [6.45, 7) is 1.59. The van der Waals surface area contributed by atoms with Gasteiger partial charge in [-0.05, 0) is 44.0 Å². The number of nitrogens with zero attached hydrogens (tertiary/aromatic N) is 1. The van der Waals surface area contributed by atoms with Crippen molar-refractivity contribution >= 4 is 41.5 Å². The highest BCUT2D eigenvalue weighted by molar-refractivity contribution is 6.34. The van der Waals surface area contributed by atoms with Gasteiger partial charge in [0.15, 0.2) is 0 Å². The zero-order chi connectivity index (χ0) is 17.8. The van der Waals surface area contributed by atoms with Crippen LogP contribution in [0, 0.1) is 5.92 Å². The van der Waals surface area contributed by atoms with Gasteiger partial charge in [0.25, 0.3) is 5.91 Å². The first-order chi connectivity index (χ1) is 12.1. The highest BCUT2D eigenvalue weighted by atomic mass is 35.5. The standard InChI is InChI=1S/C19H26ClN3O2.ClH/c1-23(15-5-3-2-4-6-15)19(25)16-8-7-14(11-17(16)20)22-18(24)13-9-10-21-12-13;/h7-8,11,13,15,21H,2-6,9-10,12H2,1H3,(H,22,24);1H. The molecule has 144 valence electrons. The van der Waals surface area contributed by atoms with E-state index in [0.717, 1.165) is 25.8 Å². The van der Waals surface area contributed by atoms with Gasteiger partial charge in [0.05, 0.1) is 16.5 Å². The van der Waals surface area contributed by atoms with Crippen LogP contribution in [0.25, 0.3) is 0 Å². The second-order valence-electron chi connectivity index (χ2n) is 7.08. The van der Waals surface area contributed by atoms with E-state index in [2.05, 4.69) is 10.6 Å². The summed E-state index contributed by atoms with van der Waals surface area (Å²) < 4.78 is 0. The molecule has 2 N–H and O–H groups in total. The lowest BCUT2D eigenvalue weighted by Crippen LogP contribution is -2.38. The van der Waals surface area contributed by atoms with E-state index in [1.165, 1.54) is 19.3 Å². The predicted octanol–water partition coefficient (Wildman–Crippen LogP) is 3.71. The van der Waals surface area contributed by atoms with E-state index in [4.69, 9.17) is 11.6 Å². The summed E-state index contributed by atoms with van der Waals surface area (Å²) in [6, 6.07) is 5.44. The molecular formula is C19H27Cl2N3O2. The number of halogens is 2. The molecule has 3 rings (SSSR count). The Labute approximate surface area is 166 Å². The Kier molecular flexibility index (Phi) is 7.74. The first-order valence-corrected chi connectivity index (χ1v) is 9.52. The van der Waals surface area contributed by atoms with E-state index >= 15 is 0 Å². The molecule has 1 heterocycles. The van der Waals surface area contributed by atoms with Crippen molar-refractivity contribution in [3.63, 3.8) is 0 Å². The third-order valence-electron chi connectivity index (χ3n) is 5.34. The van der Waals surface area contributed by atoms with Gasteiger partial charge in [-0.2, -0.15) is 0 Å². The van der Waals surface area contributed by atoms with Crippen LogP contribution in [0.2, 0.25) is 5.02 Å². The van der Waals surface area contributed by atoms with E-state index < -0.39 is 0 Å². The van der Waals surface area contributed by atoms with Crippen molar-refractivity contribution in [2.45, 2.75) is 44.6 Å². The largest absolute Gasteiger partial charge is 0.339 e. The number of hydrogen-bond donors (Lipinski definition) is 2. The van der Waals surface area contributed by atoms with Crippen LogP contribution in [0.4, 0.5) is 5.69 Å². The fraction of sp³-hybridized carbons (Fsp3) is 0.579. The minimum absolute atomic E-state index is 0. The highest BCUT2D eigenvalue weighted by Gasteiger charge is 2.25. The van der Waals surface area contributed by atoms with E-state index in [0.29, 0.717) is 28.9 Å². The summed E-state index contributed by atoms with van der Waals surface area (Å²) >= 11 is 6.34. The quantitative estimate of drug-likeness (QED) is 0.810. The lowest BCUT2D eigenvalue weighted by molar-refractivity contribution is -0.119. The first-order valence-electron chi connectivity index (χ1n) is 9.14. The van der Waals surface area contributed by atoms with Crippen molar-refractivity contribution in [3.8, 4) is 0 Å². The third-order valence-corrected chi connectivity index (χ3v) is 5.65. The van der Waals surface area contributed by atoms with Crippen LogP contribution in [0.3, 0.4) is 0 Å². The number of hydrogen-bond acceptors (Lipinski definition) is 3. The second-order valence-corrected chi connectivity index (χ2v) is 7.49. The molecule has 2 fully saturated rings. The molecule has 1 aromatic carbocycles. The maximum absolute atomic E-state index is 12.8. The van der Waals surface area contributed by atoms with E-state index in [9.17, 15) is 9.59 Å². The van der Waals surface area contributed by atoms with Gasteiger partial charge in [-0.1, -0.05) is 30.9 Å². The number of nitrogens with one attached hydrogen (secondary N) is 2. The van der Waals surface area contributed by atoms with Crippen LogP contribution in [0.15, 0.2) is 18.2 Å². The molecule has 0 bridgehead atoms. The molecule has 1 aliphatic carbocycles. The van der Waals surface area contributed by atoms with Crippen LogP contribution in [0.1, 0.15) is 48.9 Å². The SMILES string of the molecule is CN(C(=O)c1ccc(NC(=O)C2CCNC2)cc1Cl)C1CCCCC1.Cl. The van der Waals surface area contributed by atoms with Gasteiger partial charge in [-0.3, -0.25) is 9.59 Å². The topological polar surface area (TPSA) is 61.4 Å². The van der Waals surface area contributed by atoms with Crippen molar-refractivity contribution in [2.75, 3.05) is 25.5 Å². The van der Waals surface area contributed by atoms with Gasteiger partial charge in [-0.25, -0.2) is 0 Å². The molecule has 1 saturated carbocycles. The molecule has 1 saturated heterocycles. The lowest BCUT2D eigenvalue weighted by atomic mass is 9.94. The Bertz CT molecular complexity index is 642. The van der Waals surface area contributed by atoms with Crippen molar-refractivity contribution < 1.29 is 9.59 Å². The van der Waals surface area contributed by atoms with Crippen molar-refractivity contribution in [1.29, 1.82) is 0 Å². The molecule has 1 unspecified atom stereocenters. The lowest BCUT2D eigenvalue weighted by Gasteiger charge is -2.31. The minimum atomic E-state index is -0.0465. The Morgan fingerprint density at radius 1 is 1.19 bits per heavy atom. The van der Waals surface area contributed by atoms with Crippen molar-refractivity contribution in [1.82, 2.24) is 10.2 Å². The molecule has 2 amide bonds. The molecule has 1 aromatic rings. The molecule has 1 aliphatic heterocycles. The molecule has 7 heteroatoms. The molecule has 26 heavy (non-hydrogen) atoms. The number of anilines is 1. The summed E-state index contributed by atoms with van der Waals surface area (Å²) in [5.41, 5.74) is 1.13. The van der Waals surface area contributed by atoms with Gasteiger partial charge >= 0.3 is 0 Å². The summed E-state index contributed by atoms with van der Waals surface area (Å²) in [5.74, 6) is -0.0493. The number of amides is 2. The highest BCUT2D eigenvalue weighted by Crippen LogP contribution is 2.27. The fourth-order valence-electron chi connectivity index (χ4n) is 3.71. The summed E-state index contributed by atoms with van der Waals surface area (Å²) in [7, 11) is 1.86. The Hall–Kier alpha value is -1.30. The summed E-state index contributed by atoms with van der Waals surface area (Å²) in [6.07, 6.45) is 6.58. The molecule has 1 atom stereocenters. The smallest absolute Gasteiger partial charge is 0.255 e. The summed E-state index contributed by atoms with van der Waals surface area (Å²) in [5, 5.41) is 6.46. The minimum Gasteiger partial charge on any atom is -0.339 e. The molecule has 0 spiro atoms. The first kappa shape index (κ1) is 21.0. The zero-order valence-corrected chi connectivity index (χ0v) is 16.7. The zero-order valence-electron chi connectivity index (χ0n) is 15.1. The Morgan fingerprint density at radius 2 is 1.92 bits per heavy atom. The van der Waals surface area contributed by atoms with Crippen LogP contribution < -0.4 is 10.6 Å². The average molecular weight is 400 g/mol. The number of rotatable bonds is 4. The molecule has 0 aromatic heterocycles. The maximum atomic E-state index is 12.8. The van der Waals surface area contributed by atoms with Gasteiger partial charge in [0.2, 0.25) is 5.91 Å². The number of carbonyl (C=O) groups excluding carboxylic acids is 2. The second kappa shape index (κ2) is 9.58. The Morgan fingerprint density at radius 3 is 2.54 bits per heavy atom. The normalized spacial score (nSPS) is 20.3. The van der Waals surface area contributed by atoms with Crippen LogP contribution >= 0.6 is 24.0 Å². The van der Waals surface area contributed by atoms with E-state index in [1.54, 1.807) is 18.2 Å². The van der Waals surface area contributed by atoms with Crippen LogP contribution in [-0.4, -0.2) is 42.9 Å². The summed E-state index contributed by atoms with van der Waals surface area (Å²) in [4.78, 5) is 26.8. The fourth-order valence-corrected chi connectivity index (χ4v) is 3.97. The van der Waals surface area contributed by atoms with Crippen molar-refractivity contribution in [3.05, 3.63) is 28.8 Å². The molecule has 0 radical (unpaired) electrons. The van der Waals surface area contributed by atoms with Gasteiger partial charge in [-0.15, -0.1) is 12.4 Å². The Balaban J connectivity index is 0.00000243. The maximum Gasteiger partial charge on any atom is 0.255 e. The van der Waals surface area contributed by atoms with Crippen molar-refractivity contribution in [2.24, 2.45) is 5.92 Å². The molecular weight excluding hydrogens is 373 g/mol. The predicted molar refractivity (Wildman–Crippen MR) is 107 cm³/mol. The third kappa shape index (κ3) is 4.90. The average Bonchev–Trinajstić information content (AvgIpc) is 3.16. The number of benzene rings is 1. The van der Waals surface area contributed by atoms with E-state index in [-0.39, 0.29) is 30.1 Å². The van der Waals surface area contributed by atoms with Crippen LogP contribution in [-0.2, 0) is 4.79 Å². The monoisotopic (exact) mass is 399 g/mol. The van der Waals surface area contributed by atoms with Gasteiger partial charge in [0.1, 0.15) is 0 Å². The van der Waals surface area contributed by atoms with Gasteiger partial charge < -0.3 is 15.5 Å². The molecule has 5 nitrogen and oxygen atoms in total. The van der Waals surface area contributed by atoms with Crippen LogP contribution in [0.5, 0.6) is 0 Å². The van der Waals surface area contributed by atoms with Gasteiger partial charge in [0, 0.05) is 25.3 Å². The number of carbonyl (C=O) groups is 2. The van der Waals surface area contributed by atoms with E-state index in [1.807, 2.05) is 11.9 Å².